The van der Waals surface area contributed by atoms with E-state index in [4.69, 9.17) is 57.8 Å². The Hall–Kier alpha value is -2.55. The van der Waals surface area contributed by atoms with Crippen molar-refractivity contribution in [3.8, 4) is 0 Å². The molecule has 30 heteroatoms. The second-order valence-corrected chi connectivity index (χ2v) is 19.7. The molecule has 0 aromatic carbocycles. The van der Waals surface area contributed by atoms with Crippen LogP contribution in [0.3, 0.4) is 0 Å². The molecule has 0 aromatic heterocycles. The molecule has 30 nitrogen and oxygen atoms in total. The minimum absolute atomic E-state index is 0.0275. The standard InChI is InChI=1S/C48H87N3O27/c1-25(56)50-32-27(58)20-48(47(66)67,77-41(32)34(60)28(59)21-52)78-42-36(62)30(23-54)72-45(39(42)65)75-40-31(24-55)74-44(33(37(40)63)51-26(2)57)76-43-38(64)35(61)29(22-53)73-46(43)71-19-18-70-17-16-69-15-14-68-13-11-9-7-5-3-4-6-8-10-12-49/h27-46,52-55,58-65H,3-24,49H2,1-2H3,(H,50,56)(H,51,57)(H,66,67)/t27-,28+,29+,30+,31+,32+,33+,34+,35+,36-,37+,38-,39+,40+,41?,42-,43-,44-,45-,46-,48-/m0/s1. The number of aliphatic hydroxyl groups excluding tert-OH is 12. The van der Waals surface area contributed by atoms with Gasteiger partial charge in [-0.15, -0.1) is 0 Å². The summed E-state index contributed by atoms with van der Waals surface area (Å²) in [5.74, 6) is -6.74. The van der Waals surface area contributed by atoms with Gasteiger partial charge >= 0.3 is 5.97 Å². The van der Waals surface area contributed by atoms with E-state index < -0.39 is 179 Å². The summed E-state index contributed by atoms with van der Waals surface area (Å²) in [6.07, 6.45) is -25.1. The highest BCUT2D eigenvalue weighted by molar-refractivity contribution is 5.76. The van der Waals surface area contributed by atoms with Gasteiger partial charge in [-0.05, 0) is 19.4 Å². The first-order chi connectivity index (χ1) is 37.3. The number of amides is 2. The molecule has 0 bridgehead atoms. The van der Waals surface area contributed by atoms with Crippen LogP contribution >= 0.6 is 0 Å². The van der Waals surface area contributed by atoms with Gasteiger partial charge in [-0.25, -0.2) is 4.79 Å². The van der Waals surface area contributed by atoms with Crippen LogP contribution in [-0.2, 0) is 66.5 Å². The first-order valence-electron chi connectivity index (χ1n) is 26.6. The lowest BCUT2D eigenvalue weighted by Crippen LogP contribution is -2.71. The van der Waals surface area contributed by atoms with Gasteiger partial charge in [-0.3, -0.25) is 9.59 Å². The number of unbranched alkanes of at least 4 members (excludes halogenated alkanes) is 8. The minimum atomic E-state index is -3.13. The lowest BCUT2D eigenvalue weighted by Gasteiger charge is -2.51. The van der Waals surface area contributed by atoms with Crippen molar-refractivity contribution in [2.45, 2.75) is 206 Å². The largest absolute Gasteiger partial charge is 0.477 e. The van der Waals surface area contributed by atoms with Crippen molar-refractivity contribution in [3.05, 3.63) is 0 Å². The summed E-state index contributed by atoms with van der Waals surface area (Å²) in [5.41, 5.74) is 5.53. The topological polar surface area (TPSA) is 466 Å². The molecule has 1 unspecified atom stereocenters. The average molecular weight is 1140 g/mol. The third kappa shape index (κ3) is 19.5. The molecule has 78 heavy (non-hydrogen) atoms. The first-order valence-corrected chi connectivity index (χ1v) is 26.6. The van der Waals surface area contributed by atoms with E-state index in [-0.39, 0.29) is 26.4 Å². The Morgan fingerprint density at radius 3 is 1.63 bits per heavy atom. The molecule has 17 N–H and O–H groups in total. The molecule has 2 amide bonds. The monoisotopic (exact) mass is 1140 g/mol. The van der Waals surface area contributed by atoms with E-state index in [1.165, 1.54) is 38.5 Å². The number of aliphatic hydroxyl groups is 12. The number of carboxylic acid groups (broad SMARTS) is 1. The Labute approximate surface area is 451 Å². The van der Waals surface area contributed by atoms with Gasteiger partial charge in [0.15, 0.2) is 18.9 Å². The molecule has 4 aliphatic rings. The maximum absolute atomic E-state index is 13.0. The second kappa shape index (κ2) is 34.8. The van der Waals surface area contributed by atoms with Gasteiger partial charge in [-0.1, -0.05) is 44.9 Å². The number of carboxylic acids is 1. The number of carbonyl (C=O) groups is 3. The number of rotatable bonds is 36. The number of aliphatic carboxylic acids is 1. The van der Waals surface area contributed by atoms with Crippen molar-refractivity contribution in [3.63, 3.8) is 0 Å². The van der Waals surface area contributed by atoms with Crippen molar-refractivity contribution in [2.75, 3.05) is 79.2 Å². The summed E-state index contributed by atoms with van der Waals surface area (Å²) in [6.45, 7) is 0.508. The number of nitrogens with two attached hydrogens (primary N) is 1. The first kappa shape index (κ1) is 68.0. The van der Waals surface area contributed by atoms with Gasteiger partial charge in [0.25, 0.3) is 5.79 Å². The number of hydrogen-bond acceptors (Lipinski definition) is 27. The smallest absolute Gasteiger partial charge is 0.364 e. The predicted octanol–water partition coefficient (Wildman–Crippen LogP) is -6.71. The summed E-state index contributed by atoms with van der Waals surface area (Å²) < 4.78 is 63.3. The van der Waals surface area contributed by atoms with E-state index in [0.717, 1.165) is 39.7 Å². The zero-order valence-corrected chi connectivity index (χ0v) is 44.2. The summed E-state index contributed by atoms with van der Waals surface area (Å²) in [7, 11) is 0. The van der Waals surface area contributed by atoms with Crippen LogP contribution in [0.1, 0.15) is 78.1 Å². The van der Waals surface area contributed by atoms with Crippen molar-refractivity contribution in [2.24, 2.45) is 5.73 Å². The third-order valence-corrected chi connectivity index (χ3v) is 13.7. The fourth-order valence-electron chi connectivity index (χ4n) is 9.51. The minimum Gasteiger partial charge on any atom is -0.477 e. The van der Waals surface area contributed by atoms with E-state index in [0.29, 0.717) is 19.8 Å². The number of carbonyl (C=O) groups excluding carboxylic acids is 2. The lowest BCUT2D eigenvalue weighted by molar-refractivity contribution is -0.388. The zero-order valence-electron chi connectivity index (χ0n) is 44.2. The van der Waals surface area contributed by atoms with Crippen molar-refractivity contribution in [1.29, 1.82) is 0 Å². The second-order valence-electron chi connectivity index (χ2n) is 19.7. The molecule has 456 valence electrons. The lowest BCUT2D eigenvalue weighted by atomic mass is 9.88. The maximum Gasteiger partial charge on any atom is 0.364 e. The molecule has 0 radical (unpaired) electrons. The summed E-state index contributed by atoms with van der Waals surface area (Å²) >= 11 is 0. The molecule has 21 atom stereocenters. The SMILES string of the molecule is CC(=O)N[C@H]1[C@H](O[C@@H]2[C@@H](OCCOCCOCCOCCCCCCCCCCCN)O[C@H](CO)[C@@H](O)[C@@H]2O)O[C@H](CO)[C@@H](O[C@@H]2O[C@H](CO)[C@H](O)[C@H](O[C@]3(C(=O)O)C[C@H](O)[C@@H](NC(C)=O)C([C@H](O)[C@H](O)CO)O3)[C@H]2O)[C@@H]1O. The van der Waals surface area contributed by atoms with Crippen molar-refractivity contribution >= 4 is 17.8 Å². The number of hydrogen-bond donors (Lipinski definition) is 16. The molecule has 4 saturated heterocycles. The van der Waals surface area contributed by atoms with Crippen LogP contribution < -0.4 is 16.4 Å². The Kier molecular flexibility index (Phi) is 30.3. The molecule has 4 fully saturated rings. The van der Waals surface area contributed by atoms with Crippen LogP contribution in [0.25, 0.3) is 0 Å². The molecule has 0 aliphatic carbocycles. The van der Waals surface area contributed by atoms with Crippen molar-refractivity contribution < 1.29 is 133 Å². The Balaban J connectivity index is 1.39. The highest BCUT2D eigenvalue weighted by Crippen LogP contribution is 2.39. The summed E-state index contributed by atoms with van der Waals surface area (Å²) in [4.78, 5) is 37.6. The van der Waals surface area contributed by atoms with Gasteiger partial charge in [0, 0.05) is 26.9 Å². The van der Waals surface area contributed by atoms with Gasteiger partial charge in [-0.2, -0.15) is 0 Å². The average Bonchev–Trinajstić information content (AvgIpc) is 3.50. The highest BCUT2D eigenvalue weighted by Gasteiger charge is 2.60. The number of ether oxygens (including phenoxy) is 11. The fourth-order valence-corrected chi connectivity index (χ4v) is 9.51. The predicted molar refractivity (Wildman–Crippen MR) is 261 cm³/mol. The summed E-state index contributed by atoms with van der Waals surface area (Å²) in [5, 5.41) is 145. The van der Waals surface area contributed by atoms with Crippen LogP contribution in [0.4, 0.5) is 0 Å². The molecular weight excluding hydrogens is 1050 g/mol. The van der Waals surface area contributed by atoms with Crippen LogP contribution in [0.5, 0.6) is 0 Å². The molecule has 4 heterocycles. The molecule has 0 aromatic rings. The van der Waals surface area contributed by atoms with E-state index in [2.05, 4.69) is 10.6 Å². The van der Waals surface area contributed by atoms with Crippen LogP contribution in [0.2, 0.25) is 0 Å². The van der Waals surface area contributed by atoms with Crippen LogP contribution in [0, 0.1) is 0 Å². The fraction of sp³-hybridized carbons (Fsp3) is 0.938. The van der Waals surface area contributed by atoms with Crippen LogP contribution in [-0.4, -0.2) is 292 Å². The molecule has 4 aliphatic heterocycles. The number of nitrogens with one attached hydrogen (secondary N) is 2. The normalized spacial score (nSPS) is 36.2. The Bertz CT molecular complexity index is 1720. The van der Waals surface area contributed by atoms with Gasteiger partial charge in [0.05, 0.1) is 78.2 Å². The molecule has 0 saturated carbocycles. The van der Waals surface area contributed by atoms with Crippen LogP contribution in [0.15, 0.2) is 0 Å². The highest BCUT2D eigenvalue weighted by atomic mass is 16.8. The van der Waals surface area contributed by atoms with Crippen molar-refractivity contribution in [1.82, 2.24) is 10.6 Å². The van der Waals surface area contributed by atoms with E-state index in [9.17, 15) is 80.8 Å². The quantitative estimate of drug-likeness (QED) is 0.0259. The van der Waals surface area contributed by atoms with E-state index in [1.54, 1.807) is 0 Å². The van der Waals surface area contributed by atoms with Gasteiger partial charge in [0.2, 0.25) is 11.8 Å². The molecular formula is C48H87N3O27. The van der Waals surface area contributed by atoms with Gasteiger partial charge in [0.1, 0.15) is 91.5 Å². The zero-order chi connectivity index (χ0) is 57.5. The Morgan fingerprint density at radius 1 is 0.577 bits per heavy atom. The summed E-state index contributed by atoms with van der Waals surface area (Å²) in [6, 6.07) is -3.31. The molecule has 4 rings (SSSR count). The molecule has 0 spiro atoms. The van der Waals surface area contributed by atoms with E-state index in [1.807, 2.05) is 0 Å². The van der Waals surface area contributed by atoms with Gasteiger partial charge < -0.3 is 135 Å². The maximum atomic E-state index is 13.0. The van der Waals surface area contributed by atoms with E-state index >= 15 is 0 Å². The Morgan fingerprint density at radius 2 is 1.08 bits per heavy atom. The third-order valence-electron chi connectivity index (χ3n) is 13.7.